The highest BCUT2D eigenvalue weighted by atomic mass is 32.2. The summed E-state index contributed by atoms with van der Waals surface area (Å²) in [4.78, 5) is 15.7. The Bertz CT molecular complexity index is 682. The number of carbonyl (C=O) groups excluding carboxylic acids is 1. The molecule has 0 aliphatic carbocycles. The maximum absolute atomic E-state index is 12.2. The molecule has 1 aromatic rings. The van der Waals surface area contributed by atoms with Gasteiger partial charge in [-0.05, 0) is 17.0 Å². The lowest BCUT2D eigenvalue weighted by molar-refractivity contribution is 0.0729. The molecule has 0 radical (unpaired) electrons. The van der Waals surface area contributed by atoms with Crippen molar-refractivity contribution in [2.24, 2.45) is 0 Å². The monoisotopic (exact) mass is 370 g/mol. The summed E-state index contributed by atoms with van der Waals surface area (Å²) in [6.07, 6.45) is -0.357. The summed E-state index contributed by atoms with van der Waals surface area (Å²) in [7, 11) is -3.95. The molecule has 0 unspecified atom stereocenters. The SMILES string of the molecule is CC(C)c1cccc(COC(=O)N2CCN(CCS(=O)(=O)O)CC2)c1. The molecule has 1 N–H and O–H groups in total. The van der Waals surface area contributed by atoms with Crippen LogP contribution in [0.1, 0.15) is 30.9 Å². The van der Waals surface area contributed by atoms with E-state index in [-0.39, 0.29) is 25.0 Å². The van der Waals surface area contributed by atoms with E-state index in [1.54, 1.807) is 4.90 Å². The van der Waals surface area contributed by atoms with Crippen molar-refractivity contribution < 1.29 is 22.5 Å². The van der Waals surface area contributed by atoms with Gasteiger partial charge in [-0.15, -0.1) is 0 Å². The number of hydrogen-bond acceptors (Lipinski definition) is 5. The molecule has 7 nitrogen and oxygen atoms in total. The van der Waals surface area contributed by atoms with Crippen LogP contribution in [0, 0.1) is 0 Å². The standard InChI is InChI=1S/C17H26N2O5S/c1-14(2)16-5-3-4-15(12-16)13-24-17(20)19-8-6-18(7-9-19)10-11-25(21,22)23/h3-5,12,14H,6-11,13H2,1-2H3,(H,21,22,23). The molecule has 0 atom stereocenters. The van der Waals surface area contributed by atoms with E-state index in [9.17, 15) is 13.2 Å². The van der Waals surface area contributed by atoms with Crippen LogP contribution >= 0.6 is 0 Å². The molecule has 0 spiro atoms. The highest BCUT2D eigenvalue weighted by molar-refractivity contribution is 7.85. The van der Waals surface area contributed by atoms with Gasteiger partial charge in [0, 0.05) is 32.7 Å². The predicted octanol–water partition coefficient (Wildman–Crippen LogP) is 1.95. The zero-order chi connectivity index (χ0) is 18.4. The number of carbonyl (C=O) groups is 1. The fourth-order valence-corrected chi connectivity index (χ4v) is 3.17. The van der Waals surface area contributed by atoms with E-state index in [1.807, 2.05) is 23.1 Å². The molecule has 1 saturated heterocycles. The molecule has 0 aromatic heterocycles. The van der Waals surface area contributed by atoms with E-state index in [0.29, 0.717) is 32.1 Å². The second-order valence-electron chi connectivity index (χ2n) is 6.57. The highest BCUT2D eigenvalue weighted by Crippen LogP contribution is 2.16. The molecule has 1 aliphatic heterocycles. The molecule has 1 aliphatic rings. The maximum Gasteiger partial charge on any atom is 0.410 e. The largest absolute Gasteiger partial charge is 0.445 e. The van der Waals surface area contributed by atoms with Gasteiger partial charge < -0.3 is 9.64 Å². The molecule has 0 bridgehead atoms. The van der Waals surface area contributed by atoms with Gasteiger partial charge >= 0.3 is 6.09 Å². The average molecular weight is 370 g/mol. The second kappa shape index (κ2) is 8.64. The van der Waals surface area contributed by atoms with Crippen molar-refractivity contribution in [3.8, 4) is 0 Å². The summed E-state index contributed by atoms with van der Waals surface area (Å²) in [5, 5.41) is 0. The van der Waals surface area contributed by atoms with Gasteiger partial charge in [-0.3, -0.25) is 9.45 Å². The molecule has 8 heteroatoms. The Balaban J connectivity index is 1.76. The van der Waals surface area contributed by atoms with Crippen LogP contribution in [0.5, 0.6) is 0 Å². The van der Waals surface area contributed by atoms with Gasteiger partial charge in [-0.2, -0.15) is 8.42 Å². The molecule has 25 heavy (non-hydrogen) atoms. The quantitative estimate of drug-likeness (QED) is 0.770. The van der Waals surface area contributed by atoms with E-state index >= 15 is 0 Å². The Kier molecular flexibility index (Phi) is 6.80. The Morgan fingerprint density at radius 3 is 2.52 bits per heavy atom. The van der Waals surface area contributed by atoms with E-state index in [0.717, 1.165) is 5.56 Å². The Hall–Kier alpha value is -1.64. The first-order chi connectivity index (χ1) is 11.7. The molecule has 1 aromatic carbocycles. The van der Waals surface area contributed by atoms with Crippen LogP contribution in [0.25, 0.3) is 0 Å². The van der Waals surface area contributed by atoms with E-state index < -0.39 is 10.1 Å². The molecule has 0 saturated carbocycles. The van der Waals surface area contributed by atoms with Crippen LogP contribution in [0.2, 0.25) is 0 Å². The number of nitrogens with zero attached hydrogens (tertiary/aromatic N) is 2. The lowest BCUT2D eigenvalue weighted by atomic mass is 10.0. The first-order valence-electron chi connectivity index (χ1n) is 8.42. The molecule has 1 amide bonds. The minimum Gasteiger partial charge on any atom is -0.445 e. The average Bonchev–Trinajstić information content (AvgIpc) is 2.58. The number of amides is 1. The van der Waals surface area contributed by atoms with Crippen molar-refractivity contribution in [3.05, 3.63) is 35.4 Å². The number of piperazine rings is 1. The number of benzene rings is 1. The van der Waals surface area contributed by atoms with Crippen molar-refractivity contribution in [1.82, 2.24) is 9.80 Å². The van der Waals surface area contributed by atoms with Gasteiger partial charge in [0.2, 0.25) is 0 Å². The van der Waals surface area contributed by atoms with Crippen LogP contribution in [0.4, 0.5) is 4.79 Å². The van der Waals surface area contributed by atoms with Crippen LogP contribution in [-0.2, 0) is 21.5 Å². The van der Waals surface area contributed by atoms with Crippen molar-refractivity contribution in [2.75, 3.05) is 38.5 Å². The molecule has 1 heterocycles. The van der Waals surface area contributed by atoms with Gasteiger partial charge in [-0.25, -0.2) is 4.79 Å². The summed E-state index contributed by atoms with van der Waals surface area (Å²) >= 11 is 0. The van der Waals surface area contributed by atoms with E-state index in [1.165, 1.54) is 5.56 Å². The van der Waals surface area contributed by atoms with Gasteiger partial charge in [0.05, 0.1) is 5.75 Å². The number of rotatable bonds is 6. The topological polar surface area (TPSA) is 87.2 Å². The molecule has 2 rings (SSSR count). The highest BCUT2D eigenvalue weighted by Gasteiger charge is 2.23. The first-order valence-corrected chi connectivity index (χ1v) is 10.0. The Morgan fingerprint density at radius 2 is 1.92 bits per heavy atom. The summed E-state index contributed by atoms with van der Waals surface area (Å²) in [5.74, 6) is 0.135. The Morgan fingerprint density at radius 1 is 1.24 bits per heavy atom. The van der Waals surface area contributed by atoms with E-state index in [2.05, 4.69) is 19.9 Å². The van der Waals surface area contributed by atoms with Crippen LogP contribution in [-0.4, -0.2) is 67.3 Å². The Labute approximate surface area is 149 Å². The van der Waals surface area contributed by atoms with Crippen molar-refractivity contribution in [1.29, 1.82) is 0 Å². The second-order valence-corrected chi connectivity index (χ2v) is 8.14. The molecule has 1 fully saturated rings. The fraction of sp³-hybridized carbons (Fsp3) is 0.588. The van der Waals surface area contributed by atoms with Crippen LogP contribution < -0.4 is 0 Å². The third-order valence-electron chi connectivity index (χ3n) is 4.28. The van der Waals surface area contributed by atoms with Crippen molar-refractivity contribution in [3.63, 3.8) is 0 Å². The zero-order valence-corrected chi connectivity index (χ0v) is 15.5. The summed E-state index contributed by atoms with van der Waals surface area (Å²) < 4.78 is 35.7. The third-order valence-corrected chi connectivity index (χ3v) is 4.97. The molecular formula is C17H26N2O5S. The lowest BCUT2D eigenvalue weighted by Crippen LogP contribution is -2.49. The maximum atomic E-state index is 12.2. The molecular weight excluding hydrogens is 344 g/mol. The zero-order valence-electron chi connectivity index (χ0n) is 14.7. The minimum absolute atomic E-state index is 0.238. The smallest absolute Gasteiger partial charge is 0.410 e. The third kappa shape index (κ3) is 6.64. The van der Waals surface area contributed by atoms with Gasteiger partial charge in [-0.1, -0.05) is 38.1 Å². The minimum atomic E-state index is -3.95. The number of hydrogen-bond donors (Lipinski definition) is 1. The van der Waals surface area contributed by atoms with E-state index in [4.69, 9.17) is 9.29 Å². The predicted molar refractivity (Wildman–Crippen MR) is 95.1 cm³/mol. The lowest BCUT2D eigenvalue weighted by Gasteiger charge is -2.33. The number of ether oxygens (including phenoxy) is 1. The fourth-order valence-electron chi connectivity index (χ4n) is 2.68. The van der Waals surface area contributed by atoms with Crippen molar-refractivity contribution in [2.45, 2.75) is 26.4 Å². The van der Waals surface area contributed by atoms with Crippen LogP contribution in [0.3, 0.4) is 0 Å². The summed E-state index contributed by atoms with van der Waals surface area (Å²) in [6, 6.07) is 8.01. The summed E-state index contributed by atoms with van der Waals surface area (Å²) in [6.45, 7) is 6.83. The first kappa shape index (κ1) is 19.7. The normalized spacial score (nSPS) is 16.2. The van der Waals surface area contributed by atoms with Gasteiger partial charge in [0.25, 0.3) is 10.1 Å². The summed E-state index contributed by atoms with van der Waals surface area (Å²) in [5.41, 5.74) is 2.17. The molecule has 140 valence electrons. The van der Waals surface area contributed by atoms with Gasteiger partial charge in [0.15, 0.2) is 0 Å². The van der Waals surface area contributed by atoms with Crippen molar-refractivity contribution >= 4 is 16.2 Å². The van der Waals surface area contributed by atoms with Gasteiger partial charge in [0.1, 0.15) is 6.61 Å². The van der Waals surface area contributed by atoms with Crippen LogP contribution in [0.15, 0.2) is 24.3 Å².